The van der Waals surface area contributed by atoms with E-state index in [1.54, 1.807) is 12.1 Å². The van der Waals surface area contributed by atoms with Crippen molar-refractivity contribution in [2.24, 2.45) is 0 Å². The van der Waals surface area contributed by atoms with E-state index in [0.29, 0.717) is 25.5 Å². The lowest BCUT2D eigenvalue weighted by Crippen LogP contribution is -2.06. The molecular weight excluding hydrogens is 323 g/mol. The van der Waals surface area contributed by atoms with Crippen LogP contribution in [0.15, 0.2) is 52.9 Å². The van der Waals surface area contributed by atoms with E-state index >= 15 is 0 Å². The van der Waals surface area contributed by atoms with Gasteiger partial charge in [0.2, 0.25) is 5.89 Å². The number of hydrogen-bond donors (Lipinski definition) is 2. The Bertz CT molecular complexity index is 814. The number of halogens is 1. The monoisotopic (exact) mass is 342 g/mol. The van der Waals surface area contributed by atoms with Gasteiger partial charge in [-0.15, -0.1) is 0 Å². The standard InChI is InChI=1S/C19H19FN2O3/c1-13-18(22-19(25-13)15-4-6-16(20)7-5-15)10-11-24-17-8-2-14(3-9-17)12-21-23/h2-9,21,23H,10-12H2,1H3. The molecule has 0 aliphatic rings. The minimum Gasteiger partial charge on any atom is -0.493 e. The van der Waals surface area contributed by atoms with E-state index in [9.17, 15) is 4.39 Å². The number of hydroxylamine groups is 1. The van der Waals surface area contributed by atoms with Gasteiger partial charge in [0.15, 0.2) is 0 Å². The fourth-order valence-electron chi connectivity index (χ4n) is 2.44. The van der Waals surface area contributed by atoms with E-state index in [0.717, 1.165) is 28.3 Å². The van der Waals surface area contributed by atoms with Crippen molar-refractivity contribution in [1.29, 1.82) is 0 Å². The zero-order chi connectivity index (χ0) is 17.6. The Labute approximate surface area is 145 Å². The number of oxazole rings is 1. The number of benzene rings is 2. The summed E-state index contributed by atoms with van der Waals surface area (Å²) in [5.74, 6) is 1.67. The van der Waals surface area contributed by atoms with Crippen molar-refractivity contribution in [2.75, 3.05) is 6.61 Å². The molecule has 2 N–H and O–H groups in total. The molecule has 0 atom stereocenters. The first kappa shape index (κ1) is 17.1. The van der Waals surface area contributed by atoms with Gasteiger partial charge in [0.1, 0.15) is 17.3 Å². The number of nitrogens with one attached hydrogen (secondary N) is 1. The van der Waals surface area contributed by atoms with Crippen LogP contribution in [0.3, 0.4) is 0 Å². The molecule has 0 saturated heterocycles. The summed E-state index contributed by atoms with van der Waals surface area (Å²) in [5, 5.41) is 8.66. The zero-order valence-corrected chi connectivity index (χ0v) is 13.8. The Kier molecular flexibility index (Phi) is 5.42. The second kappa shape index (κ2) is 7.92. The second-order valence-corrected chi connectivity index (χ2v) is 5.61. The highest BCUT2D eigenvalue weighted by atomic mass is 19.1. The Hall–Kier alpha value is -2.70. The Morgan fingerprint density at radius 2 is 1.84 bits per heavy atom. The molecule has 0 aliphatic carbocycles. The van der Waals surface area contributed by atoms with Crippen molar-refractivity contribution >= 4 is 0 Å². The van der Waals surface area contributed by atoms with Crippen LogP contribution in [0, 0.1) is 12.7 Å². The smallest absolute Gasteiger partial charge is 0.226 e. The third kappa shape index (κ3) is 4.43. The van der Waals surface area contributed by atoms with E-state index < -0.39 is 0 Å². The molecular formula is C19H19FN2O3. The molecule has 0 fully saturated rings. The predicted molar refractivity (Wildman–Crippen MR) is 90.9 cm³/mol. The van der Waals surface area contributed by atoms with Gasteiger partial charge in [-0.3, -0.25) is 0 Å². The predicted octanol–water partition coefficient (Wildman–Crippen LogP) is 3.89. The maximum absolute atomic E-state index is 13.0. The molecule has 5 nitrogen and oxygen atoms in total. The average Bonchev–Trinajstić information content (AvgIpc) is 2.98. The molecule has 1 aromatic heterocycles. The quantitative estimate of drug-likeness (QED) is 0.638. The van der Waals surface area contributed by atoms with Gasteiger partial charge in [0, 0.05) is 18.5 Å². The largest absolute Gasteiger partial charge is 0.493 e. The number of hydrogen-bond acceptors (Lipinski definition) is 5. The highest BCUT2D eigenvalue weighted by Gasteiger charge is 2.11. The summed E-state index contributed by atoms with van der Waals surface area (Å²) in [5.41, 5.74) is 4.64. The molecule has 2 aromatic carbocycles. The van der Waals surface area contributed by atoms with Gasteiger partial charge < -0.3 is 14.4 Å². The van der Waals surface area contributed by atoms with Gasteiger partial charge in [-0.25, -0.2) is 14.9 Å². The first-order valence-electron chi connectivity index (χ1n) is 7.96. The molecule has 0 aliphatic heterocycles. The number of ether oxygens (including phenoxy) is 1. The number of aryl methyl sites for hydroxylation is 1. The van der Waals surface area contributed by atoms with Crippen molar-refractivity contribution in [2.45, 2.75) is 19.9 Å². The van der Waals surface area contributed by atoms with Crippen LogP contribution in [0.1, 0.15) is 17.0 Å². The average molecular weight is 342 g/mol. The molecule has 0 bridgehead atoms. The van der Waals surface area contributed by atoms with Crippen molar-refractivity contribution in [3.63, 3.8) is 0 Å². The first-order valence-corrected chi connectivity index (χ1v) is 7.96. The highest BCUT2D eigenvalue weighted by Crippen LogP contribution is 2.22. The van der Waals surface area contributed by atoms with Gasteiger partial charge in [-0.05, 0) is 48.9 Å². The fraction of sp³-hybridized carbons (Fsp3) is 0.211. The Morgan fingerprint density at radius 3 is 2.52 bits per heavy atom. The van der Waals surface area contributed by atoms with Gasteiger partial charge >= 0.3 is 0 Å². The highest BCUT2D eigenvalue weighted by molar-refractivity contribution is 5.53. The molecule has 0 radical (unpaired) electrons. The molecule has 3 rings (SSSR count). The van der Waals surface area contributed by atoms with Crippen LogP contribution in [-0.2, 0) is 13.0 Å². The van der Waals surface area contributed by atoms with Crippen molar-refractivity contribution in [3.05, 3.63) is 71.4 Å². The van der Waals surface area contributed by atoms with Crippen molar-refractivity contribution in [1.82, 2.24) is 10.5 Å². The topological polar surface area (TPSA) is 67.5 Å². The molecule has 0 saturated carbocycles. The lowest BCUT2D eigenvalue weighted by atomic mass is 10.2. The summed E-state index contributed by atoms with van der Waals surface area (Å²) in [7, 11) is 0. The van der Waals surface area contributed by atoms with Crippen LogP contribution in [0.25, 0.3) is 11.5 Å². The van der Waals surface area contributed by atoms with Gasteiger partial charge in [-0.2, -0.15) is 0 Å². The van der Waals surface area contributed by atoms with E-state index in [1.165, 1.54) is 12.1 Å². The summed E-state index contributed by atoms with van der Waals surface area (Å²) in [6, 6.07) is 13.5. The van der Waals surface area contributed by atoms with E-state index in [1.807, 2.05) is 31.2 Å². The molecule has 25 heavy (non-hydrogen) atoms. The lowest BCUT2D eigenvalue weighted by Gasteiger charge is -2.06. The zero-order valence-electron chi connectivity index (χ0n) is 13.8. The number of nitrogens with zero attached hydrogens (tertiary/aromatic N) is 1. The van der Waals surface area contributed by atoms with Crippen LogP contribution >= 0.6 is 0 Å². The normalized spacial score (nSPS) is 10.8. The first-order chi connectivity index (χ1) is 12.2. The third-order valence-electron chi connectivity index (χ3n) is 3.80. The molecule has 3 aromatic rings. The lowest BCUT2D eigenvalue weighted by molar-refractivity contribution is 0.161. The summed E-state index contributed by atoms with van der Waals surface area (Å²) < 4.78 is 24.4. The van der Waals surface area contributed by atoms with E-state index in [2.05, 4.69) is 10.5 Å². The Morgan fingerprint density at radius 1 is 1.12 bits per heavy atom. The van der Waals surface area contributed by atoms with E-state index in [-0.39, 0.29) is 5.82 Å². The van der Waals surface area contributed by atoms with Crippen LogP contribution in [0.2, 0.25) is 0 Å². The van der Waals surface area contributed by atoms with Crippen LogP contribution in [0.5, 0.6) is 5.75 Å². The summed E-state index contributed by atoms with van der Waals surface area (Å²) in [6.45, 7) is 2.71. The van der Waals surface area contributed by atoms with Gasteiger partial charge in [-0.1, -0.05) is 12.1 Å². The molecule has 1 heterocycles. The molecule has 0 spiro atoms. The molecule has 0 amide bonds. The molecule has 0 unspecified atom stereocenters. The molecule has 6 heteroatoms. The van der Waals surface area contributed by atoms with Gasteiger partial charge in [0.05, 0.1) is 12.3 Å². The minimum absolute atomic E-state index is 0.290. The third-order valence-corrected chi connectivity index (χ3v) is 3.80. The maximum atomic E-state index is 13.0. The van der Waals surface area contributed by atoms with Crippen molar-refractivity contribution in [3.8, 4) is 17.2 Å². The van der Waals surface area contributed by atoms with Gasteiger partial charge in [0.25, 0.3) is 0 Å². The van der Waals surface area contributed by atoms with Crippen molar-refractivity contribution < 1.29 is 18.8 Å². The Balaban J connectivity index is 1.59. The number of rotatable bonds is 7. The summed E-state index contributed by atoms with van der Waals surface area (Å²) >= 11 is 0. The fourth-order valence-corrected chi connectivity index (χ4v) is 2.44. The molecule has 130 valence electrons. The van der Waals surface area contributed by atoms with Crippen LogP contribution < -0.4 is 10.2 Å². The number of aromatic nitrogens is 1. The van der Waals surface area contributed by atoms with Crippen LogP contribution in [0.4, 0.5) is 4.39 Å². The summed E-state index contributed by atoms with van der Waals surface area (Å²) in [4.78, 5) is 4.47. The van der Waals surface area contributed by atoms with E-state index in [4.69, 9.17) is 14.4 Å². The SMILES string of the molecule is Cc1oc(-c2ccc(F)cc2)nc1CCOc1ccc(CNO)cc1. The minimum atomic E-state index is -0.290. The van der Waals surface area contributed by atoms with Crippen LogP contribution in [-0.4, -0.2) is 16.8 Å². The maximum Gasteiger partial charge on any atom is 0.226 e. The second-order valence-electron chi connectivity index (χ2n) is 5.61. The summed E-state index contributed by atoms with van der Waals surface area (Å²) in [6.07, 6.45) is 0.608.